The smallest absolute Gasteiger partial charge is 0.409 e. The fourth-order valence-electron chi connectivity index (χ4n) is 4.15. The molecule has 0 aromatic heterocycles. The Balaban J connectivity index is 3.10. The molecule has 7 heteroatoms. The molecule has 1 amide bonds. The van der Waals surface area contributed by atoms with E-state index in [2.05, 4.69) is 10.6 Å². The van der Waals surface area contributed by atoms with Crippen LogP contribution in [0, 0.1) is 5.92 Å². The number of carbonyl (C=O) groups is 3. The quantitative estimate of drug-likeness (QED) is 0.631. The van der Waals surface area contributed by atoms with Crippen molar-refractivity contribution >= 4 is 17.7 Å². The molecular weight excluding hydrogens is 406 g/mol. The number of hydrogen-bond acceptors (Lipinski definition) is 6. The zero-order valence-electron chi connectivity index (χ0n) is 21.3. The highest BCUT2D eigenvalue weighted by molar-refractivity contribution is 5.93. The molecule has 184 valence electrons. The number of ketones is 2. The van der Waals surface area contributed by atoms with Crippen LogP contribution in [0.2, 0.25) is 0 Å². The number of carbonyl (C=O) groups excluding carboxylic acids is 3. The minimum absolute atomic E-state index is 0.0305. The van der Waals surface area contributed by atoms with Crippen LogP contribution >= 0.6 is 0 Å². The first kappa shape index (κ1) is 28.3. The largest absolute Gasteiger partial charge is 0.445 e. The van der Waals surface area contributed by atoms with Crippen LogP contribution in [0.5, 0.6) is 0 Å². The predicted molar refractivity (Wildman–Crippen MR) is 129 cm³/mol. The van der Waals surface area contributed by atoms with Crippen molar-refractivity contribution in [1.29, 1.82) is 0 Å². The molecule has 1 rings (SSSR count). The van der Waals surface area contributed by atoms with Gasteiger partial charge < -0.3 is 15.0 Å². The Morgan fingerprint density at radius 3 is 2.41 bits per heavy atom. The predicted octanol–water partition coefficient (Wildman–Crippen LogP) is 3.86. The lowest BCUT2D eigenvalue weighted by molar-refractivity contribution is -0.129. The molecule has 0 saturated heterocycles. The summed E-state index contributed by atoms with van der Waals surface area (Å²) in [7, 11) is 1.67. The molecule has 32 heavy (non-hydrogen) atoms. The number of Topliss-reactive ketones (excluding diaryl/α,β-unsaturated/α-hetero) is 2. The summed E-state index contributed by atoms with van der Waals surface area (Å²) in [4.78, 5) is 40.1. The summed E-state index contributed by atoms with van der Waals surface area (Å²) in [5.74, 6) is -0.103. The molecule has 0 radical (unpaired) electrons. The van der Waals surface area contributed by atoms with Gasteiger partial charge >= 0.3 is 6.09 Å². The molecule has 2 atom stereocenters. The molecule has 0 fully saturated rings. The van der Waals surface area contributed by atoms with Gasteiger partial charge in [-0.1, -0.05) is 38.8 Å². The fourth-order valence-corrected chi connectivity index (χ4v) is 4.15. The SMILES string of the molecule is CC(C)N[C@]1(C)CCCCC/C=C/COC(=O)N(C)CC[C@@](C)(C(=O)C(C)C)NCC1=O. The molecule has 2 N–H and O–H groups in total. The second-order valence-corrected chi connectivity index (χ2v) is 10.1. The van der Waals surface area contributed by atoms with E-state index in [9.17, 15) is 14.4 Å². The van der Waals surface area contributed by atoms with Crippen molar-refractivity contribution in [2.24, 2.45) is 5.92 Å². The minimum Gasteiger partial charge on any atom is -0.445 e. The van der Waals surface area contributed by atoms with Crippen molar-refractivity contribution in [3.8, 4) is 0 Å². The van der Waals surface area contributed by atoms with Crippen molar-refractivity contribution in [3.63, 3.8) is 0 Å². The van der Waals surface area contributed by atoms with Gasteiger partial charge in [0.05, 0.1) is 17.6 Å². The van der Waals surface area contributed by atoms with Gasteiger partial charge in [0.25, 0.3) is 0 Å². The second-order valence-electron chi connectivity index (χ2n) is 10.1. The van der Waals surface area contributed by atoms with Crippen molar-refractivity contribution < 1.29 is 19.1 Å². The van der Waals surface area contributed by atoms with Crippen LogP contribution in [0.25, 0.3) is 0 Å². The Morgan fingerprint density at radius 2 is 1.78 bits per heavy atom. The summed E-state index contributed by atoms with van der Waals surface area (Å²) in [6, 6.07) is 0.174. The van der Waals surface area contributed by atoms with Gasteiger partial charge in [-0.15, -0.1) is 0 Å². The van der Waals surface area contributed by atoms with Gasteiger partial charge in [0.1, 0.15) is 6.61 Å². The van der Waals surface area contributed by atoms with Crippen LogP contribution in [0.4, 0.5) is 4.79 Å². The Bertz CT molecular complexity index is 662. The van der Waals surface area contributed by atoms with E-state index in [4.69, 9.17) is 4.74 Å². The molecule has 0 unspecified atom stereocenters. The second kappa shape index (κ2) is 13.1. The van der Waals surface area contributed by atoms with E-state index in [1.807, 2.05) is 53.7 Å². The first-order valence-corrected chi connectivity index (χ1v) is 12.0. The number of allylic oxidation sites excluding steroid dienone is 1. The molecule has 0 bridgehead atoms. The van der Waals surface area contributed by atoms with E-state index in [0.29, 0.717) is 13.0 Å². The van der Waals surface area contributed by atoms with Gasteiger partial charge in [-0.05, 0) is 53.4 Å². The Morgan fingerprint density at radius 1 is 1.09 bits per heavy atom. The Labute approximate surface area is 194 Å². The lowest BCUT2D eigenvalue weighted by atomic mass is 9.84. The zero-order valence-corrected chi connectivity index (χ0v) is 21.3. The maximum atomic E-state index is 13.3. The van der Waals surface area contributed by atoms with Gasteiger partial charge in [0, 0.05) is 25.6 Å². The first-order chi connectivity index (χ1) is 14.9. The van der Waals surface area contributed by atoms with Crippen LogP contribution < -0.4 is 10.6 Å². The summed E-state index contributed by atoms with van der Waals surface area (Å²) in [6.45, 7) is 12.3. The average molecular weight is 452 g/mol. The highest BCUT2D eigenvalue weighted by Crippen LogP contribution is 2.21. The number of ether oxygens (including phenoxy) is 1. The maximum Gasteiger partial charge on any atom is 0.409 e. The number of amides is 1. The number of hydrogen-bond donors (Lipinski definition) is 2. The van der Waals surface area contributed by atoms with Crippen molar-refractivity contribution in [2.45, 2.75) is 97.2 Å². The first-order valence-electron chi connectivity index (χ1n) is 12.0. The fraction of sp³-hybridized carbons (Fsp3) is 0.800. The standard InChI is InChI=1S/C25H45N3O4/c1-19(2)22(30)25(6)15-16-28(7)23(31)32-17-13-11-9-8-10-12-14-24(5,27-20(3)4)21(29)18-26-25/h11,13,19-20,26-27H,8-10,12,14-18H2,1-7H3/b13-11+/t24-,25+/m1/s1. The molecule has 1 heterocycles. The molecule has 0 aromatic rings. The Kier molecular flexibility index (Phi) is 11.6. The van der Waals surface area contributed by atoms with E-state index in [1.54, 1.807) is 7.05 Å². The van der Waals surface area contributed by atoms with Crippen molar-refractivity contribution in [2.75, 3.05) is 26.7 Å². The molecule has 1 aliphatic heterocycles. The monoisotopic (exact) mass is 451 g/mol. The van der Waals surface area contributed by atoms with Crippen molar-refractivity contribution in [3.05, 3.63) is 12.2 Å². The van der Waals surface area contributed by atoms with E-state index in [0.717, 1.165) is 32.1 Å². The summed E-state index contributed by atoms with van der Waals surface area (Å²) < 4.78 is 5.29. The van der Waals surface area contributed by atoms with Crippen molar-refractivity contribution in [1.82, 2.24) is 15.5 Å². The third-order valence-corrected chi connectivity index (χ3v) is 6.21. The summed E-state index contributed by atoms with van der Waals surface area (Å²) in [6.07, 6.45) is 8.55. The molecule has 0 aliphatic carbocycles. The molecule has 0 saturated carbocycles. The van der Waals surface area contributed by atoms with Crippen LogP contribution in [-0.4, -0.2) is 66.4 Å². The van der Waals surface area contributed by atoms with E-state index in [-0.39, 0.29) is 36.7 Å². The normalized spacial score (nSPS) is 28.8. The molecular formula is C25H45N3O4. The van der Waals surface area contributed by atoms with Gasteiger partial charge in [-0.2, -0.15) is 0 Å². The van der Waals surface area contributed by atoms with Crippen LogP contribution in [-0.2, 0) is 14.3 Å². The van der Waals surface area contributed by atoms with Gasteiger partial charge in [-0.25, -0.2) is 4.79 Å². The zero-order chi connectivity index (χ0) is 24.4. The molecule has 7 nitrogen and oxygen atoms in total. The number of cyclic esters (lactones) is 1. The van der Waals surface area contributed by atoms with Crippen LogP contribution in [0.1, 0.15) is 80.1 Å². The van der Waals surface area contributed by atoms with E-state index >= 15 is 0 Å². The molecule has 0 spiro atoms. The highest BCUT2D eigenvalue weighted by atomic mass is 16.6. The highest BCUT2D eigenvalue weighted by Gasteiger charge is 2.38. The average Bonchev–Trinajstić information content (AvgIpc) is 2.72. The van der Waals surface area contributed by atoms with Gasteiger partial charge in [-0.3, -0.25) is 14.9 Å². The van der Waals surface area contributed by atoms with Gasteiger partial charge in [0.15, 0.2) is 11.6 Å². The van der Waals surface area contributed by atoms with Crippen LogP contribution in [0.15, 0.2) is 12.2 Å². The summed E-state index contributed by atoms with van der Waals surface area (Å²) in [5.41, 5.74) is -1.56. The molecule has 0 aromatic carbocycles. The number of rotatable bonds is 4. The number of nitrogens with one attached hydrogen (secondary N) is 2. The van der Waals surface area contributed by atoms with Crippen LogP contribution in [0.3, 0.4) is 0 Å². The lowest BCUT2D eigenvalue weighted by Crippen LogP contribution is -2.59. The van der Waals surface area contributed by atoms with E-state index < -0.39 is 17.2 Å². The summed E-state index contributed by atoms with van der Waals surface area (Å²) >= 11 is 0. The topological polar surface area (TPSA) is 87.7 Å². The Hall–Kier alpha value is -1.73. The summed E-state index contributed by atoms with van der Waals surface area (Å²) in [5, 5.41) is 6.73. The van der Waals surface area contributed by atoms with Gasteiger partial charge in [0.2, 0.25) is 0 Å². The third kappa shape index (κ3) is 9.02. The lowest BCUT2D eigenvalue weighted by Gasteiger charge is -2.36. The molecule has 1 aliphatic rings. The van der Waals surface area contributed by atoms with E-state index in [1.165, 1.54) is 4.90 Å². The third-order valence-electron chi connectivity index (χ3n) is 6.21. The minimum atomic E-state index is -0.914. The number of nitrogens with zero attached hydrogens (tertiary/aromatic N) is 1. The maximum absolute atomic E-state index is 13.3.